The van der Waals surface area contributed by atoms with Crippen LogP contribution in [0, 0.1) is 0 Å². The summed E-state index contributed by atoms with van der Waals surface area (Å²) in [5, 5.41) is 11.7. The highest BCUT2D eigenvalue weighted by Gasteiger charge is 2.15. The van der Waals surface area contributed by atoms with E-state index in [2.05, 4.69) is 20.8 Å². The molecule has 7 nitrogen and oxygen atoms in total. The van der Waals surface area contributed by atoms with Crippen molar-refractivity contribution < 1.29 is 13.7 Å². The molecule has 0 spiro atoms. The van der Waals surface area contributed by atoms with E-state index in [-0.39, 0.29) is 6.04 Å². The number of hydrogen-bond acceptors (Lipinski definition) is 5. The Morgan fingerprint density at radius 1 is 1.25 bits per heavy atom. The maximum atomic E-state index is 6.07. The molecule has 0 aliphatic heterocycles. The number of rotatable bonds is 8. The molecule has 0 radical (unpaired) electrons. The standard InChI is InChI=1S/C21H28N4O3/c1-5-16-12-17(28-25-16)13-23-21(22-6-2)24-14(4)19-11-15-9-8-10-18(26-7-3)20(15)27-19/h8-12,14H,5-7,13H2,1-4H3,(H2,22,23,24). The van der Waals surface area contributed by atoms with Crippen molar-refractivity contribution in [1.82, 2.24) is 15.8 Å². The Hall–Kier alpha value is -2.96. The molecule has 1 atom stereocenters. The Balaban J connectivity index is 1.74. The quantitative estimate of drug-likeness (QED) is 0.447. The van der Waals surface area contributed by atoms with E-state index in [0.29, 0.717) is 19.1 Å². The Labute approximate surface area is 165 Å². The molecular weight excluding hydrogens is 356 g/mol. The van der Waals surface area contributed by atoms with Gasteiger partial charge in [-0.1, -0.05) is 24.2 Å². The molecule has 0 saturated carbocycles. The number of furan rings is 1. The van der Waals surface area contributed by atoms with Crippen molar-refractivity contribution in [2.75, 3.05) is 13.2 Å². The third kappa shape index (κ3) is 4.65. The fraction of sp³-hybridized carbons (Fsp3) is 0.429. The van der Waals surface area contributed by atoms with Crippen molar-refractivity contribution in [3.63, 3.8) is 0 Å². The minimum atomic E-state index is -0.0689. The van der Waals surface area contributed by atoms with Crippen molar-refractivity contribution in [3.8, 4) is 5.75 Å². The average molecular weight is 384 g/mol. The van der Waals surface area contributed by atoms with Crippen LogP contribution < -0.4 is 15.4 Å². The van der Waals surface area contributed by atoms with E-state index >= 15 is 0 Å². The first-order chi connectivity index (χ1) is 13.6. The summed E-state index contributed by atoms with van der Waals surface area (Å²) in [6, 6.07) is 9.81. The molecule has 150 valence electrons. The molecule has 7 heteroatoms. The number of para-hydroxylation sites is 1. The second-order valence-electron chi connectivity index (χ2n) is 6.46. The number of benzene rings is 1. The number of ether oxygens (including phenoxy) is 1. The summed E-state index contributed by atoms with van der Waals surface area (Å²) in [7, 11) is 0. The van der Waals surface area contributed by atoms with Crippen molar-refractivity contribution in [2.45, 2.75) is 46.7 Å². The molecule has 3 aromatic rings. The van der Waals surface area contributed by atoms with Crippen LogP contribution in [0.25, 0.3) is 11.0 Å². The van der Waals surface area contributed by atoms with Crippen molar-refractivity contribution in [1.29, 1.82) is 0 Å². The molecule has 3 rings (SSSR count). The number of aliphatic imine (C=N–C) groups is 1. The second-order valence-corrected chi connectivity index (χ2v) is 6.46. The van der Waals surface area contributed by atoms with Crippen molar-refractivity contribution >= 4 is 16.9 Å². The van der Waals surface area contributed by atoms with Gasteiger partial charge in [0.25, 0.3) is 0 Å². The number of fused-ring (bicyclic) bond motifs is 1. The van der Waals surface area contributed by atoms with Gasteiger partial charge in [0.15, 0.2) is 23.1 Å². The van der Waals surface area contributed by atoms with Gasteiger partial charge in [-0.05, 0) is 39.3 Å². The molecule has 0 amide bonds. The maximum absolute atomic E-state index is 6.07. The zero-order valence-corrected chi connectivity index (χ0v) is 16.9. The van der Waals surface area contributed by atoms with Crippen molar-refractivity contribution in [3.05, 3.63) is 47.5 Å². The molecular formula is C21H28N4O3. The summed E-state index contributed by atoms with van der Waals surface area (Å²) >= 11 is 0. The van der Waals surface area contributed by atoms with Crippen LogP contribution in [0.15, 0.2) is 44.3 Å². The van der Waals surface area contributed by atoms with Gasteiger partial charge in [-0.2, -0.15) is 0 Å². The average Bonchev–Trinajstić information content (AvgIpc) is 3.34. The first-order valence-corrected chi connectivity index (χ1v) is 9.79. The molecule has 2 N–H and O–H groups in total. The Morgan fingerprint density at radius 3 is 2.82 bits per heavy atom. The topological polar surface area (TPSA) is 84.8 Å². The van der Waals surface area contributed by atoms with Gasteiger partial charge in [-0.15, -0.1) is 0 Å². The van der Waals surface area contributed by atoms with E-state index in [9.17, 15) is 0 Å². The molecule has 0 aliphatic rings. The molecule has 28 heavy (non-hydrogen) atoms. The fourth-order valence-electron chi connectivity index (χ4n) is 2.89. The number of aryl methyl sites for hydroxylation is 1. The molecule has 1 unspecified atom stereocenters. The highest BCUT2D eigenvalue weighted by atomic mass is 16.5. The van der Waals surface area contributed by atoms with E-state index in [0.717, 1.165) is 46.9 Å². The highest BCUT2D eigenvalue weighted by molar-refractivity contribution is 5.84. The fourth-order valence-corrected chi connectivity index (χ4v) is 2.89. The van der Waals surface area contributed by atoms with Gasteiger partial charge in [0.05, 0.1) is 18.3 Å². The monoisotopic (exact) mass is 384 g/mol. The summed E-state index contributed by atoms with van der Waals surface area (Å²) in [6.07, 6.45) is 0.846. The highest BCUT2D eigenvalue weighted by Crippen LogP contribution is 2.31. The number of aromatic nitrogens is 1. The van der Waals surface area contributed by atoms with E-state index in [1.54, 1.807) is 0 Å². The lowest BCUT2D eigenvalue weighted by molar-refractivity contribution is 0.336. The first kappa shape index (κ1) is 19.8. The zero-order valence-electron chi connectivity index (χ0n) is 16.9. The van der Waals surface area contributed by atoms with Crippen LogP contribution in [0.1, 0.15) is 51.0 Å². The molecule has 2 heterocycles. The SMILES string of the molecule is CCNC(=NCc1cc(CC)no1)NC(C)c1cc2cccc(OCC)c2o1. The number of guanidine groups is 1. The Kier molecular flexibility index (Phi) is 6.57. The van der Waals surface area contributed by atoms with E-state index in [1.165, 1.54) is 0 Å². The van der Waals surface area contributed by atoms with Gasteiger partial charge in [0, 0.05) is 18.0 Å². The van der Waals surface area contributed by atoms with Gasteiger partial charge in [-0.3, -0.25) is 0 Å². The van der Waals surface area contributed by atoms with Gasteiger partial charge in [-0.25, -0.2) is 4.99 Å². The summed E-state index contributed by atoms with van der Waals surface area (Å²) in [4.78, 5) is 4.59. The molecule has 0 bridgehead atoms. The summed E-state index contributed by atoms with van der Waals surface area (Å²) in [5.41, 5.74) is 1.70. The lowest BCUT2D eigenvalue weighted by atomic mass is 10.2. The molecule has 1 aromatic carbocycles. The second kappa shape index (κ2) is 9.30. The zero-order chi connectivity index (χ0) is 19.9. The third-order valence-electron chi connectivity index (χ3n) is 4.31. The molecule has 2 aromatic heterocycles. The van der Waals surface area contributed by atoms with Gasteiger partial charge < -0.3 is 24.3 Å². The van der Waals surface area contributed by atoms with Crippen LogP contribution >= 0.6 is 0 Å². The van der Waals surface area contributed by atoms with Crippen LogP contribution in [0.2, 0.25) is 0 Å². The van der Waals surface area contributed by atoms with Crippen LogP contribution in [-0.4, -0.2) is 24.3 Å². The van der Waals surface area contributed by atoms with Gasteiger partial charge in [0.1, 0.15) is 12.3 Å². The van der Waals surface area contributed by atoms with Gasteiger partial charge in [0.2, 0.25) is 0 Å². The molecule has 0 fully saturated rings. The summed E-state index contributed by atoms with van der Waals surface area (Å²) in [5.74, 6) is 3.01. The lowest BCUT2D eigenvalue weighted by Gasteiger charge is -2.15. The van der Waals surface area contributed by atoms with Crippen LogP contribution in [-0.2, 0) is 13.0 Å². The number of nitrogens with zero attached hydrogens (tertiary/aromatic N) is 2. The van der Waals surface area contributed by atoms with Crippen LogP contribution in [0.3, 0.4) is 0 Å². The van der Waals surface area contributed by atoms with Crippen LogP contribution in [0.4, 0.5) is 0 Å². The van der Waals surface area contributed by atoms with E-state index < -0.39 is 0 Å². The predicted molar refractivity (Wildman–Crippen MR) is 110 cm³/mol. The number of hydrogen-bond donors (Lipinski definition) is 2. The maximum Gasteiger partial charge on any atom is 0.192 e. The normalized spacial score (nSPS) is 12.9. The predicted octanol–water partition coefficient (Wildman–Crippen LogP) is 4.20. The smallest absolute Gasteiger partial charge is 0.192 e. The van der Waals surface area contributed by atoms with E-state index in [1.807, 2.05) is 58.0 Å². The Bertz CT molecular complexity index is 929. The summed E-state index contributed by atoms with van der Waals surface area (Å²) in [6.45, 7) is 9.84. The first-order valence-electron chi connectivity index (χ1n) is 9.79. The molecule has 0 saturated heterocycles. The third-order valence-corrected chi connectivity index (χ3v) is 4.31. The van der Waals surface area contributed by atoms with Gasteiger partial charge >= 0.3 is 0 Å². The largest absolute Gasteiger partial charge is 0.490 e. The molecule has 0 aliphatic carbocycles. The minimum Gasteiger partial charge on any atom is -0.490 e. The Morgan fingerprint density at radius 2 is 2.11 bits per heavy atom. The summed E-state index contributed by atoms with van der Waals surface area (Å²) < 4.78 is 17.0. The van der Waals surface area contributed by atoms with Crippen molar-refractivity contribution in [2.24, 2.45) is 4.99 Å². The number of nitrogens with one attached hydrogen (secondary N) is 2. The van der Waals surface area contributed by atoms with E-state index in [4.69, 9.17) is 13.7 Å². The minimum absolute atomic E-state index is 0.0689. The lowest BCUT2D eigenvalue weighted by Crippen LogP contribution is -2.38. The van der Waals surface area contributed by atoms with Crippen LogP contribution in [0.5, 0.6) is 5.75 Å².